The summed E-state index contributed by atoms with van der Waals surface area (Å²) in [6, 6.07) is 0.397. The molecule has 30 heavy (non-hydrogen) atoms. The van der Waals surface area contributed by atoms with Gasteiger partial charge in [-0.25, -0.2) is 18.9 Å². The molecule has 5 unspecified atom stereocenters. The number of hydrogen-bond acceptors (Lipinski definition) is 7. The zero-order chi connectivity index (χ0) is 23.1. The van der Waals surface area contributed by atoms with Crippen molar-refractivity contribution in [3.05, 3.63) is 33.1 Å². The lowest BCUT2D eigenvalue weighted by Gasteiger charge is -2.43. The van der Waals surface area contributed by atoms with Crippen molar-refractivity contribution in [2.45, 2.75) is 78.0 Å². The Kier molecular flexibility index (Phi) is 8.98. The van der Waals surface area contributed by atoms with E-state index in [4.69, 9.17) is 15.4 Å². The Labute approximate surface area is 179 Å². The monoisotopic (exact) mass is 449 g/mol. The maximum absolute atomic E-state index is 15.7. The highest BCUT2D eigenvalue weighted by Gasteiger charge is 2.43. The van der Waals surface area contributed by atoms with Crippen molar-refractivity contribution in [1.29, 1.82) is 0 Å². The summed E-state index contributed by atoms with van der Waals surface area (Å²) in [5.74, 6) is 0. The van der Waals surface area contributed by atoms with E-state index in [1.54, 1.807) is 0 Å². The number of aromatic amines is 1. The largest absolute Gasteiger partial charge is 0.373 e. The van der Waals surface area contributed by atoms with Crippen LogP contribution >= 0.6 is 8.45 Å². The van der Waals surface area contributed by atoms with Gasteiger partial charge in [0, 0.05) is 32.3 Å². The summed E-state index contributed by atoms with van der Waals surface area (Å²) in [4.78, 5) is 25.7. The molecule has 5 atom stereocenters. The minimum Gasteiger partial charge on any atom is -0.373 e. The molecule has 1 saturated heterocycles. The van der Waals surface area contributed by atoms with Crippen LogP contribution in [0.25, 0.3) is 0 Å². The van der Waals surface area contributed by atoms with Crippen molar-refractivity contribution in [2.75, 3.05) is 19.9 Å². The number of nitrogens with zero attached hydrogens (tertiary/aromatic N) is 2. The first-order valence-corrected chi connectivity index (χ1v) is 11.3. The van der Waals surface area contributed by atoms with E-state index in [0.717, 1.165) is 10.6 Å². The van der Waals surface area contributed by atoms with E-state index in [9.17, 15) is 9.59 Å². The highest BCUT2D eigenvalue weighted by atomic mass is 31.2. The van der Waals surface area contributed by atoms with E-state index in [0.29, 0.717) is 6.61 Å². The first kappa shape index (κ1) is 23.5. The molecule has 1 aliphatic rings. The Morgan fingerprint density at radius 2 is 2.13 bits per heavy atom. The fraction of sp³-hybridized carbons (Fsp3) is 0.789. The van der Waals surface area contributed by atoms with Crippen LogP contribution in [0.3, 0.4) is 0 Å². The van der Waals surface area contributed by atoms with Gasteiger partial charge in [0.25, 0.3) is 5.56 Å². The van der Waals surface area contributed by atoms with E-state index in [1.165, 1.54) is 6.20 Å². The van der Waals surface area contributed by atoms with Gasteiger partial charge >= 0.3 is 5.69 Å². The van der Waals surface area contributed by atoms with Crippen LogP contribution in [0.1, 0.15) is 48.9 Å². The predicted molar refractivity (Wildman–Crippen MR) is 114 cm³/mol. The standard InChI is InChI=1S/C19H34FN4O5P/c1-7-27-11-21-30(24(12(2)3)13(4)5)29-18-14(6)28-10-15(17(18)20)23-9-8-16(25)22-19(23)26/h8-9,12-15,17-18,21H,7,10-11H2,1-6H3,(H,22,25,26)/i6D. The van der Waals surface area contributed by atoms with E-state index >= 15 is 4.39 Å². The minimum atomic E-state index is -1.62. The SMILES string of the molecule is [2H]CC1OCC(n2ccc(=O)[nH]c2=O)C(F)C1OP(NCOCC)N(C(C)C)C(C)C. The molecule has 0 aliphatic carbocycles. The first-order chi connectivity index (χ1) is 14.7. The van der Waals surface area contributed by atoms with Gasteiger partial charge in [0.2, 0.25) is 0 Å². The molecule has 0 aromatic carbocycles. The number of ether oxygens (including phenoxy) is 2. The highest BCUT2D eigenvalue weighted by molar-refractivity contribution is 7.47. The molecule has 1 aliphatic heterocycles. The smallest absolute Gasteiger partial charge is 0.328 e. The normalized spacial score (nSPS) is 26.4. The van der Waals surface area contributed by atoms with E-state index < -0.39 is 44.1 Å². The van der Waals surface area contributed by atoms with E-state index in [2.05, 4.69) is 14.7 Å². The average molecular weight is 449 g/mol. The second-order valence-electron chi connectivity index (χ2n) is 7.61. The number of rotatable bonds is 10. The van der Waals surface area contributed by atoms with Crippen LogP contribution in [0.2, 0.25) is 0 Å². The maximum Gasteiger partial charge on any atom is 0.328 e. The second-order valence-corrected chi connectivity index (χ2v) is 9.14. The molecule has 0 saturated carbocycles. The molecular formula is C19H34FN4O5P. The van der Waals surface area contributed by atoms with Crippen LogP contribution in [-0.4, -0.2) is 64.6 Å². The number of halogens is 1. The van der Waals surface area contributed by atoms with Gasteiger partial charge in [-0.1, -0.05) is 0 Å². The van der Waals surface area contributed by atoms with E-state index in [-0.39, 0.29) is 32.3 Å². The van der Waals surface area contributed by atoms with Crippen LogP contribution in [0.15, 0.2) is 21.9 Å². The number of hydrogen-bond donors (Lipinski definition) is 2. The molecule has 1 fully saturated rings. The van der Waals surface area contributed by atoms with Crippen LogP contribution in [0, 0.1) is 0 Å². The predicted octanol–water partition coefficient (Wildman–Crippen LogP) is 2.15. The van der Waals surface area contributed by atoms with Crippen molar-refractivity contribution in [1.82, 2.24) is 19.3 Å². The summed E-state index contributed by atoms with van der Waals surface area (Å²) < 4.78 is 44.1. The zero-order valence-electron chi connectivity index (χ0n) is 19.2. The van der Waals surface area contributed by atoms with Crippen molar-refractivity contribution in [3.8, 4) is 0 Å². The lowest BCUT2D eigenvalue weighted by molar-refractivity contribution is -0.118. The van der Waals surface area contributed by atoms with E-state index in [1.807, 2.05) is 34.6 Å². The lowest BCUT2D eigenvalue weighted by Crippen LogP contribution is -2.52. The van der Waals surface area contributed by atoms with Gasteiger partial charge in [-0.2, -0.15) is 0 Å². The number of aromatic nitrogens is 2. The van der Waals surface area contributed by atoms with Crippen LogP contribution < -0.4 is 16.3 Å². The molecule has 1 aromatic heterocycles. The third-order valence-corrected chi connectivity index (χ3v) is 6.92. The van der Waals surface area contributed by atoms with Crippen molar-refractivity contribution >= 4 is 8.45 Å². The van der Waals surface area contributed by atoms with Crippen LogP contribution in [0.4, 0.5) is 4.39 Å². The van der Waals surface area contributed by atoms with Gasteiger partial charge in [0.05, 0.1) is 18.8 Å². The summed E-state index contributed by atoms with van der Waals surface area (Å²) in [6.45, 7) is 10.4. The highest BCUT2D eigenvalue weighted by Crippen LogP contribution is 2.45. The quantitative estimate of drug-likeness (QED) is 0.321. The molecule has 2 heterocycles. The first-order valence-electron chi connectivity index (χ1n) is 10.8. The Bertz CT molecular complexity index is 787. The third kappa shape index (κ3) is 6.18. The second kappa shape index (κ2) is 11.5. The summed E-state index contributed by atoms with van der Waals surface area (Å²) >= 11 is 0. The van der Waals surface area contributed by atoms with Crippen molar-refractivity contribution in [2.24, 2.45) is 0 Å². The van der Waals surface area contributed by atoms with Crippen LogP contribution in [-0.2, 0) is 14.0 Å². The van der Waals surface area contributed by atoms with Crippen molar-refractivity contribution in [3.63, 3.8) is 0 Å². The molecule has 11 heteroatoms. The number of alkyl halides is 1. The Balaban J connectivity index is 2.32. The van der Waals surface area contributed by atoms with Gasteiger partial charge < -0.3 is 14.0 Å². The maximum atomic E-state index is 15.7. The Morgan fingerprint density at radius 3 is 2.70 bits per heavy atom. The average Bonchev–Trinajstić information content (AvgIpc) is 2.69. The summed E-state index contributed by atoms with van der Waals surface area (Å²) in [6.07, 6.45) is -2.22. The molecule has 1 aromatic rings. The fourth-order valence-electron chi connectivity index (χ4n) is 3.39. The van der Waals surface area contributed by atoms with Gasteiger partial charge in [0.1, 0.15) is 12.8 Å². The molecule has 172 valence electrons. The molecule has 0 bridgehead atoms. The lowest BCUT2D eigenvalue weighted by atomic mass is 10.0. The fourth-order valence-corrected chi connectivity index (χ4v) is 5.26. The Hall–Kier alpha value is -1.16. The Morgan fingerprint density at radius 1 is 1.43 bits per heavy atom. The van der Waals surface area contributed by atoms with Crippen LogP contribution in [0.5, 0.6) is 0 Å². The molecule has 2 rings (SSSR count). The summed E-state index contributed by atoms with van der Waals surface area (Å²) in [7, 11) is -1.49. The molecular weight excluding hydrogens is 414 g/mol. The summed E-state index contributed by atoms with van der Waals surface area (Å²) in [5, 5.41) is 3.22. The molecule has 0 spiro atoms. The third-order valence-electron chi connectivity index (χ3n) is 4.73. The number of H-pyrrole nitrogens is 1. The molecule has 0 radical (unpaired) electrons. The van der Waals surface area contributed by atoms with Gasteiger partial charge in [0.15, 0.2) is 14.6 Å². The van der Waals surface area contributed by atoms with Gasteiger partial charge in [-0.3, -0.25) is 14.3 Å². The van der Waals surface area contributed by atoms with Crippen molar-refractivity contribution < 1.29 is 19.8 Å². The molecule has 2 N–H and O–H groups in total. The summed E-state index contributed by atoms with van der Waals surface area (Å²) in [5.41, 5.74) is -1.27. The zero-order valence-corrected chi connectivity index (χ0v) is 19.1. The molecule has 9 nitrogen and oxygen atoms in total. The van der Waals surface area contributed by atoms with Gasteiger partial charge in [-0.05, 0) is 41.5 Å². The van der Waals surface area contributed by atoms with Gasteiger partial charge in [-0.15, -0.1) is 0 Å². The molecule has 0 amide bonds. The number of nitrogens with one attached hydrogen (secondary N) is 2. The topological polar surface area (TPSA) is 97.8 Å². The minimum absolute atomic E-state index is 0.0983.